The second kappa shape index (κ2) is 8.03. The average molecular weight is 378 g/mol. The maximum absolute atomic E-state index is 12.7. The first kappa shape index (κ1) is 17.9. The minimum Gasteiger partial charge on any atom is -0.324 e. The number of hydrogen-bond donors (Lipinski definition) is 2. The third-order valence-electron chi connectivity index (χ3n) is 5.31. The average Bonchev–Trinajstić information content (AvgIpc) is 3.42. The number of rotatable bonds is 5. The van der Waals surface area contributed by atoms with E-state index >= 15 is 0 Å². The molecule has 138 valence electrons. The summed E-state index contributed by atoms with van der Waals surface area (Å²) in [5.41, 5.74) is 10.2. The number of anilines is 1. The molecule has 1 aromatic carbocycles. The van der Waals surface area contributed by atoms with Crippen LogP contribution in [0, 0.1) is 5.92 Å². The molecule has 1 atom stereocenters. The lowest BCUT2D eigenvalue weighted by Gasteiger charge is -2.22. The van der Waals surface area contributed by atoms with Crippen LogP contribution in [-0.4, -0.2) is 10.9 Å². The first-order chi connectivity index (χ1) is 13.2. The van der Waals surface area contributed by atoms with Crippen LogP contribution in [0.25, 0.3) is 10.4 Å². The molecule has 2 heterocycles. The molecule has 0 radical (unpaired) electrons. The van der Waals surface area contributed by atoms with E-state index in [0.717, 1.165) is 21.7 Å². The Labute approximate surface area is 163 Å². The van der Waals surface area contributed by atoms with Gasteiger partial charge in [-0.2, -0.15) is 0 Å². The van der Waals surface area contributed by atoms with Gasteiger partial charge in [0.2, 0.25) is 0 Å². The quantitative estimate of drug-likeness (QED) is 0.638. The molecule has 0 aliphatic heterocycles. The molecule has 1 amide bonds. The summed E-state index contributed by atoms with van der Waals surface area (Å²) in [6.07, 6.45) is 8.23. The predicted octanol–water partition coefficient (Wildman–Crippen LogP) is 5.25. The maximum atomic E-state index is 12.7. The van der Waals surface area contributed by atoms with Gasteiger partial charge in [-0.3, -0.25) is 9.78 Å². The molecule has 0 saturated heterocycles. The van der Waals surface area contributed by atoms with Crippen LogP contribution >= 0.6 is 11.3 Å². The molecule has 1 fully saturated rings. The fourth-order valence-corrected chi connectivity index (χ4v) is 4.61. The number of nitrogens with one attached hydrogen (secondary N) is 1. The number of benzene rings is 1. The van der Waals surface area contributed by atoms with Crippen molar-refractivity contribution in [2.45, 2.75) is 31.7 Å². The molecule has 1 aliphatic carbocycles. The topological polar surface area (TPSA) is 68.0 Å². The number of amides is 1. The summed E-state index contributed by atoms with van der Waals surface area (Å²) in [4.78, 5) is 17.8. The fourth-order valence-electron chi connectivity index (χ4n) is 3.84. The van der Waals surface area contributed by atoms with Crippen LogP contribution < -0.4 is 11.1 Å². The lowest BCUT2D eigenvalue weighted by atomic mass is 9.88. The van der Waals surface area contributed by atoms with Crippen molar-refractivity contribution in [2.24, 2.45) is 11.7 Å². The van der Waals surface area contributed by atoms with E-state index in [9.17, 15) is 4.79 Å². The van der Waals surface area contributed by atoms with Crippen LogP contribution in [0.5, 0.6) is 0 Å². The Morgan fingerprint density at radius 1 is 1.15 bits per heavy atom. The first-order valence-corrected chi connectivity index (χ1v) is 10.2. The third kappa shape index (κ3) is 3.94. The number of pyridine rings is 1. The van der Waals surface area contributed by atoms with Crippen molar-refractivity contribution in [2.75, 3.05) is 5.32 Å². The summed E-state index contributed by atoms with van der Waals surface area (Å²) in [7, 11) is 0. The number of hydrogen-bond acceptors (Lipinski definition) is 4. The molecule has 0 spiro atoms. The highest BCUT2D eigenvalue weighted by atomic mass is 32.1. The van der Waals surface area contributed by atoms with Gasteiger partial charge in [0.05, 0.1) is 0 Å². The van der Waals surface area contributed by atoms with E-state index in [2.05, 4.69) is 21.7 Å². The number of nitrogens with zero attached hydrogens (tertiary/aromatic N) is 1. The Morgan fingerprint density at radius 3 is 2.63 bits per heavy atom. The molecule has 27 heavy (non-hydrogen) atoms. The van der Waals surface area contributed by atoms with E-state index in [4.69, 9.17) is 5.73 Å². The number of carbonyl (C=O) groups is 1. The highest BCUT2D eigenvalue weighted by Gasteiger charge is 2.26. The van der Waals surface area contributed by atoms with Crippen molar-refractivity contribution in [3.8, 4) is 10.4 Å². The molecule has 5 heteroatoms. The lowest BCUT2D eigenvalue weighted by Crippen LogP contribution is -2.20. The van der Waals surface area contributed by atoms with Crippen LogP contribution in [0.1, 0.15) is 47.6 Å². The van der Waals surface area contributed by atoms with Gasteiger partial charge in [-0.25, -0.2) is 0 Å². The molecule has 4 nitrogen and oxygen atoms in total. The molecule has 1 saturated carbocycles. The van der Waals surface area contributed by atoms with E-state index in [-0.39, 0.29) is 11.9 Å². The predicted molar refractivity (Wildman–Crippen MR) is 111 cm³/mol. The number of aromatic nitrogens is 1. The van der Waals surface area contributed by atoms with Gasteiger partial charge >= 0.3 is 0 Å². The Bertz CT molecular complexity index is 903. The van der Waals surface area contributed by atoms with E-state index < -0.39 is 0 Å². The lowest BCUT2D eigenvalue weighted by molar-refractivity contribution is 0.102. The monoisotopic (exact) mass is 377 g/mol. The standard InChI is InChI=1S/C22H23N3OS/c23-21(15-4-1-2-5-15)18-8-7-16(14-19(18)20-6-3-13-27-20)22(26)25-17-9-11-24-12-10-17/h3,6-15,21H,1-2,4-5,23H2,(H,24,25,26). The largest absolute Gasteiger partial charge is 0.324 e. The Morgan fingerprint density at radius 2 is 1.93 bits per heavy atom. The summed E-state index contributed by atoms with van der Waals surface area (Å²) < 4.78 is 0. The Kier molecular flexibility index (Phi) is 5.32. The molecule has 4 rings (SSSR count). The van der Waals surface area contributed by atoms with E-state index in [1.807, 2.05) is 24.3 Å². The first-order valence-electron chi connectivity index (χ1n) is 9.37. The van der Waals surface area contributed by atoms with Gasteiger partial charge in [0, 0.05) is 34.6 Å². The van der Waals surface area contributed by atoms with Crippen LogP contribution in [-0.2, 0) is 0 Å². The summed E-state index contributed by atoms with van der Waals surface area (Å²) in [6, 6.07) is 13.6. The van der Waals surface area contributed by atoms with Crippen LogP contribution in [0.2, 0.25) is 0 Å². The summed E-state index contributed by atoms with van der Waals surface area (Å²) in [5, 5.41) is 4.99. The maximum Gasteiger partial charge on any atom is 0.255 e. The molecule has 0 bridgehead atoms. The van der Waals surface area contributed by atoms with Gasteiger partial charge in [-0.15, -0.1) is 11.3 Å². The second-order valence-electron chi connectivity index (χ2n) is 7.04. The number of thiophene rings is 1. The van der Waals surface area contributed by atoms with Gasteiger partial charge < -0.3 is 11.1 Å². The Hall–Kier alpha value is -2.50. The SMILES string of the molecule is NC(c1ccc(C(=O)Nc2ccncc2)cc1-c1cccs1)C1CCCC1. The van der Waals surface area contributed by atoms with Gasteiger partial charge in [-0.1, -0.05) is 25.0 Å². The van der Waals surface area contributed by atoms with E-state index in [1.165, 1.54) is 25.7 Å². The van der Waals surface area contributed by atoms with E-state index in [1.54, 1.807) is 35.9 Å². The molecular formula is C22H23N3OS. The zero-order chi connectivity index (χ0) is 18.6. The summed E-state index contributed by atoms with van der Waals surface area (Å²) >= 11 is 1.68. The fraction of sp³-hybridized carbons (Fsp3) is 0.273. The smallest absolute Gasteiger partial charge is 0.255 e. The number of nitrogens with two attached hydrogens (primary N) is 1. The molecule has 1 aliphatic rings. The highest BCUT2D eigenvalue weighted by molar-refractivity contribution is 7.13. The van der Waals surface area contributed by atoms with Gasteiger partial charge in [0.15, 0.2) is 0 Å². The normalized spacial score (nSPS) is 15.6. The summed E-state index contributed by atoms with van der Waals surface area (Å²) in [6.45, 7) is 0. The Balaban J connectivity index is 1.66. The molecule has 3 N–H and O–H groups in total. The number of carbonyl (C=O) groups excluding carboxylic acids is 1. The van der Waals surface area contributed by atoms with Gasteiger partial charge in [-0.05, 0) is 65.6 Å². The zero-order valence-electron chi connectivity index (χ0n) is 15.1. The van der Waals surface area contributed by atoms with Gasteiger partial charge in [0.25, 0.3) is 5.91 Å². The minimum atomic E-state index is -0.125. The zero-order valence-corrected chi connectivity index (χ0v) is 15.9. The molecule has 3 aromatic rings. The van der Waals surface area contributed by atoms with Crippen molar-refractivity contribution in [3.63, 3.8) is 0 Å². The second-order valence-corrected chi connectivity index (χ2v) is 7.99. The van der Waals surface area contributed by atoms with Crippen LogP contribution in [0.3, 0.4) is 0 Å². The molecular weight excluding hydrogens is 354 g/mol. The highest BCUT2D eigenvalue weighted by Crippen LogP contribution is 2.39. The van der Waals surface area contributed by atoms with Crippen molar-refractivity contribution >= 4 is 22.9 Å². The van der Waals surface area contributed by atoms with Crippen molar-refractivity contribution in [1.82, 2.24) is 4.98 Å². The summed E-state index contributed by atoms with van der Waals surface area (Å²) in [5.74, 6) is 0.403. The molecule has 2 aromatic heterocycles. The van der Waals surface area contributed by atoms with Crippen LogP contribution in [0.15, 0.2) is 60.2 Å². The van der Waals surface area contributed by atoms with Crippen LogP contribution in [0.4, 0.5) is 5.69 Å². The molecule has 1 unspecified atom stereocenters. The minimum absolute atomic E-state index is 0.0157. The van der Waals surface area contributed by atoms with Crippen molar-refractivity contribution in [1.29, 1.82) is 0 Å². The van der Waals surface area contributed by atoms with Crippen molar-refractivity contribution in [3.05, 3.63) is 71.4 Å². The van der Waals surface area contributed by atoms with E-state index in [0.29, 0.717) is 11.5 Å². The van der Waals surface area contributed by atoms with Gasteiger partial charge in [0.1, 0.15) is 0 Å². The third-order valence-corrected chi connectivity index (χ3v) is 6.21. The van der Waals surface area contributed by atoms with Crippen molar-refractivity contribution < 1.29 is 4.79 Å².